The van der Waals surface area contributed by atoms with Gasteiger partial charge in [-0.1, -0.05) is 0 Å². The van der Waals surface area contributed by atoms with E-state index in [9.17, 15) is 20.1 Å². The van der Waals surface area contributed by atoms with Crippen LogP contribution in [-0.2, 0) is 11.8 Å². The van der Waals surface area contributed by atoms with Gasteiger partial charge >= 0.3 is 0 Å². The highest BCUT2D eigenvalue weighted by molar-refractivity contribution is 5.73. The predicted octanol–water partition coefficient (Wildman–Crippen LogP) is -1.70. The molecule has 0 bridgehead atoms. The minimum Gasteiger partial charge on any atom is -0.394 e. The van der Waals surface area contributed by atoms with Crippen LogP contribution in [0.25, 0.3) is 16.9 Å². The van der Waals surface area contributed by atoms with Crippen molar-refractivity contribution in [1.29, 1.82) is 0 Å². The van der Waals surface area contributed by atoms with E-state index in [0.717, 1.165) is 0 Å². The number of imidazole rings is 2. The average Bonchev–Trinajstić information content (AvgIpc) is 3.23. The first-order valence-electron chi connectivity index (χ1n) is 7.47. The molecule has 1 aliphatic rings. The second-order valence-electron chi connectivity index (χ2n) is 5.97. The Balaban J connectivity index is 1.97. The summed E-state index contributed by atoms with van der Waals surface area (Å²) in [5.41, 5.74) is 0.965. The van der Waals surface area contributed by atoms with E-state index < -0.39 is 31.1 Å². The van der Waals surface area contributed by atoms with E-state index in [2.05, 4.69) is 9.97 Å². The summed E-state index contributed by atoms with van der Waals surface area (Å²) in [4.78, 5) is 21.1. The maximum atomic E-state index is 12.6. The van der Waals surface area contributed by atoms with Gasteiger partial charge in [0.2, 0.25) is 5.78 Å². The average molecular weight is 335 g/mol. The fourth-order valence-electron chi connectivity index (χ4n) is 3.21. The van der Waals surface area contributed by atoms with Gasteiger partial charge < -0.3 is 20.1 Å². The molecule has 0 spiro atoms. The highest BCUT2D eigenvalue weighted by Crippen LogP contribution is 2.31. The number of ether oxygens (including phenoxy) is 1. The van der Waals surface area contributed by atoms with Gasteiger partial charge in [-0.2, -0.15) is 0 Å². The number of hydrogen-bond donors (Lipinski definition) is 3. The lowest BCUT2D eigenvalue weighted by Gasteiger charge is -2.18. The van der Waals surface area contributed by atoms with Gasteiger partial charge in [0.15, 0.2) is 17.4 Å². The van der Waals surface area contributed by atoms with Crippen molar-refractivity contribution in [3.63, 3.8) is 0 Å². The molecule has 4 unspecified atom stereocenters. The highest BCUT2D eigenvalue weighted by atomic mass is 16.6. The first kappa shape index (κ1) is 15.3. The molecule has 1 fully saturated rings. The van der Waals surface area contributed by atoms with E-state index in [1.165, 1.54) is 15.3 Å². The van der Waals surface area contributed by atoms with Crippen LogP contribution in [-0.4, -0.2) is 63.7 Å². The van der Waals surface area contributed by atoms with Crippen LogP contribution in [0.5, 0.6) is 0 Å². The molecule has 3 aromatic rings. The lowest BCUT2D eigenvalue weighted by molar-refractivity contribution is -0.0512. The Morgan fingerprint density at radius 2 is 2.08 bits per heavy atom. The largest absolute Gasteiger partial charge is 0.394 e. The lowest BCUT2D eigenvalue weighted by atomic mass is 10.1. The number of hydrogen-bond acceptors (Lipinski definition) is 7. The minimum atomic E-state index is -1.26. The molecule has 0 radical (unpaired) electrons. The Labute approximate surface area is 135 Å². The van der Waals surface area contributed by atoms with E-state index in [1.807, 2.05) is 0 Å². The van der Waals surface area contributed by atoms with Crippen LogP contribution < -0.4 is 5.56 Å². The van der Waals surface area contributed by atoms with Gasteiger partial charge in [0.25, 0.3) is 5.56 Å². The van der Waals surface area contributed by atoms with Crippen molar-refractivity contribution in [2.75, 3.05) is 6.61 Å². The van der Waals surface area contributed by atoms with Crippen LogP contribution in [0.1, 0.15) is 11.9 Å². The second-order valence-corrected chi connectivity index (χ2v) is 5.97. The van der Waals surface area contributed by atoms with E-state index in [4.69, 9.17) is 4.74 Å². The Bertz CT molecular complexity index is 989. The predicted molar refractivity (Wildman–Crippen MR) is 81.5 cm³/mol. The standard InChI is InChI=1S/C14H17N5O5/c1-6-3-18-12(23)8-11(17(2)14(18)16-6)19(5-15-8)13-10(22)9(21)7(4-20)24-13/h3,5,7,9-10,13,20-22H,4H2,1-2H3. The van der Waals surface area contributed by atoms with Gasteiger partial charge in [-0.3, -0.25) is 13.9 Å². The molecule has 0 aromatic carbocycles. The molecule has 4 rings (SSSR count). The summed E-state index contributed by atoms with van der Waals surface area (Å²) in [6, 6.07) is 0. The number of rotatable bonds is 2. The quantitative estimate of drug-likeness (QED) is 0.509. The molecule has 3 aromatic heterocycles. The molecule has 0 amide bonds. The highest BCUT2D eigenvalue weighted by Gasteiger charge is 2.44. The van der Waals surface area contributed by atoms with Crippen molar-refractivity contribution >= 4 is 16.9 Å². The number of fused-ring (bicyclic) bond motifs is 2. The van der Waals surface area contributed by atoms with Crippen molar-refractivity contribution in [2.24, 2.45) is 7.05 Å². The molecule has 4 atom stereocenters. The summed E-state index contributed by atoms with van der Waals surface area (Å²) in [6.07, 6.45) is -1.36. The van der Waals surface area contributed by atoms with Crippen LogP contribution >= 0.6 is 0 Å². The Hall–Kier alpha value is -2.27. The van der Waals surface area contributed by atoms with E-state index in [0.29, 0.717) is 17.1 Å². The number of nitrogens with zero attached hydrogens (tertiary/aromatic N) is 5. The SMILES string of the molecule is Cc1cn2c(=O)c3ncn(C4OC(CO)C(O)C4O)c3n(C)c2n1. The normalized spacial score (nSPS) is 27.5. The van der Waals surface area contributed by atoms with Gasteiger partial charge in [0.1, 0.15) is 18.3 Å². The maximum Gasteiger partial charge on any atom is 0.287 e. The van der Waals surface area contributed by atoms with Crippen LogP contribution in [0, 0.1) is 6.92 Å². The molecule has 3 N–H and O–H groups in total. The fraction of sp³-hybridized carbons (Fsp3) is 0.500. The summed E-state index contributed by atoms with van der Waals surface area (Å²) >= 11 is 0. The van der Waals surface area contributed by atoms with E-state index in [1.54, 1.807) is 24.7 Å². The van der Waals surface area contributed by atoms with Gasteiger partial charge in [0.05, 0.1) is 18.6 Å². The number of aromatic nitrogens is 5. The summed E-state index contributed by atoms with van der Waals surface area (Å²) in [5.74, 6) is 0.429. The summed E-state index contributed by atoms with van der Waals surface area (Å²) in [7, 11) is 1.73. The summed E-state index contributed by atoms with van der Waals surface area (Å²) in [6.45, 7) is 1.36. The summed E-state index contributed by atoms with van der Waals surface area (Å²) < 4.78 is 10.1. The maximum absolute atomic E-state index is 12.6. The fourth-order valence-corrected chi connectivity index (χ4v) is 3.21. The van der Waals surface area contributed by atoms with Crippen molar-refractivity contribution in [2.45, 2.75) is 31.5 Å². The smallest absolute Gasteiger partial charge is 0.287 e. The molecule has 128 valence electrons. The van der Waals surface area contributed by atoms with Gasteiger partial charge in [-0.15, -0.1) is 0 Å². The number of aliphatic hydroxyl groups excluding tert-OH is 3. The minimum absolute atomic E-state index is 0.195. The van der Waals surface area contributed by atoms with Crippen molar-refractivity contribution in [3.05, 3.63) is 28.6 Å². The van der Waals surface area contributed by atoms with Gasteiger partial charge in [0, 0.05) is 13.2 Å². The van der Waals surface area contributed by atoms with Gasteiger partial charge in [-0.25, -0.2) is 14.4 Å². The van der Waals surface area contributed by atoms with Crippen LogP contribution in [0.2, 0.25) is 0 Å². The Morgan fingerprint density at radius 1 is 1.33 bits per heavy atom. The molecule has 0 aliphatic carbocycles. The van der Waals surface area contributed by atoms with E-state index >= 15 is 0 Å². The van der Waals surface area contributed by atoms with Gasteiger partial charge in [-0.05, 0) is 6.92 Å². The molecule has 10 nitrogen and oxygen atoms in total. The van der Waals surface area contributed by atoms with Crippen molar-refractivity contribution in [3.8, 4) is 0 Å². The van der Waals surface area contributed by atoms with Crippen molar-refractivity contribution < 1.29 is 20.1 Å². The van der Waals surface area contributed by atoms with Crippen molar-refractivity contribution in [1.82, 2.24) is 23.5 Å². The first-order valence-corrected chi connectivity index (χ1v) is 7.47. The molecular weight excluding hydrogens is 318 g/mol. The molecule has 1 saturated heterocycles. The van der Waals surface area contributed by atoms with Crippen LogP contribution in [0.4, 0.5) is 0 Å². The Morgan fingerprint density at radius 3 is 2.75 bits per heavy atom. The molecule has 10 heteroatoms. The zero-order valence-electron chi connectivity index (χ0n) is 13.1. The third kappa shape index (κ3) is 1.88. The molecule has 1 aliphatic heterocycles. The topological polar surface area (TPSA) is 127 Å². The molecule has 0 saturated carbocycles. The van der Waals surface area contributed by atoms with Crippen LogP contribution in [0.15, 0.2) is 17.3 Å². The summed E-state index contributed by atoms with van der Waals surface area (Å²) in [5, 5.41) is 29.4. The molecule has 24 heavy (non-hydrogen) atoms. The first-order chi connectivity index (χ1) is 11.4. The van der Waals surface area contributed by atoms with Crippen LogP contribution in [0.3, 0.4) is 0 Å². The number of aryl methyl sites for hydroxylation is 2. The zero-order chi connectivity index (χ0) is 17.2. The molecule has 4 heterocycles. The zero-order valence-corrected chi connectivity index (χ0v) is 13.1. The Kier molecular flexibility index (Phi) is 3.25. The van der Waals surface area contributed by atoms with E-state index in [-0.39, 0.29) is 11.1 Å². The molecular formula is C14H17N5O5. The third-order valence-corrected chi connectivity index (χ3v) is 4.41. The third-order valence-electron chi connectivity index (χ3n) is 4.41. The number of aliphatic hydroxyl groups is 3. The second kappa shape index (κ2) is 5.11. The monoisotopic (exact) mass is 335 g/mol. The lowest BCUT2D eigenvalue weighted by Crippen LogP contribution is -2.33.